The molecule has 0 amide bonds. The van der Waals surface area contributed by atoms with Gasteiger partial charge >= 0.3 is 5.97 Å². The lowest BCUT2D eigenvalue weighted by molar-refractivity contribution is -0.136. The van der Waals surface area contributed by atoms with Gasteiger partial charge in [-0.2, -0.15) is 5.10 Å². The van der Waals surface area contributed by atoms with E-state index in [4.69, 9.17) is 10.2 Å². The number of nitrogens with one attached hydrogen (secondary N) is 1. The summed E-state index contributed by atoms with van der Waals surface area (Å²) in [5.74, 6) is -1.38. The standard InChI is InChI=1S/C12H19N3O5S/c1-8(12(17)18)21(19,20)14-10-3-2-4-11-9(10)7-13-15(11)5-6-16/h7-8,10,14,16H,2-6H2,1H3,(H,17,18). The Kier molecular flexibility index (Phi) is 4.64. The maximum Gasteiger partial charge on any atom is 0.323 e. The molecule has 2 rings (SSSR count). The zero-order valence-corrected chi connectivity index (χ0v) is 12.5. The summed E-state index contributed by atoms with van der Waals surface area (Å²) in [6, 6.07) is -0.465. The van der Waals surface area contributed by atoms with E-state index in [9.17, 15) is 13.2 Å². The van der Waals surface area contributed by atoms with Gasteiger partial charge in [0.25, 0.3) is 0 Å². The molecule has 3 N–H and O–H groups in total. The molecule has 118 valence electrons. The van der Waals surface area contributed by atoms with Crippen molar-refractivity contribution < 1.29 is 23.4 Å². The van der Waals surface area contributed by atoms with Crippen LogP contribution in [0.4, 0.5) is 0 Å². The van der Waals surface area contributed by atoms with E-state index in [1.807, 2.05) is 0 Å². The lowest BCUT2D eigenvalue weighted by atomic mass is 9.94. The van der Waals surface area contributed by atoms with Crippen LogP contribution in [0, 0.1) is 0 Å². The Bertz CT molecular complexity index is 625. The minimum absolute atomic E-state index is 0.0411. The summed E-state index contributed by atoms with van der Waals surface area (Å²) in [5.41, 5.74) is 1.65. The number of carboxylic acid groups (broad SMARTS) is 1. The first-order valence-electron chi connectivity index (χ1n) is 6.76. The van der Waals surface area contributed by atoms with Crippen molar-refractivity contribution in [1.29, 1.82) is 0 Å². The second-order valence-electron chi connectivity index (χ2n) is 5.08. The number of aliphatic hydroxyl groups excluding tert-OH is 1. The van der Waals surface area contributed by atoms with Gasteiger partial charge in [0.05, 0.1) is 25.4 Å². The van der Waals surface area contributed by atoms with E-state index in [-0.39, 0.29) is 6.61 Å². The molecule has 0 saturated heterocycles. The molecule has 0 aliphatic heterocycles. The van der Waals surface area contributed by atoms with Crippen molar-refractivity contribution in [1.82, 2.24) is 14.5 Å². The highest BCUT2D eigenvalue weighted by molar-refractivity contribution is 7.90. The highest BCUT2D eigenvalue weighted by Crippen LogP contribution is 2.30. The van der Waals surface area contributed by atoms with Crippen molar-refractivity contribution in [3.63, 3.8) is 0 Å². The van der Waals surface area contributed by atoms with E-state index < -0.39 is 27.3 Å². The number of hydrogen-bond acceptors (Lipinski definition) is 5. The van der Waals surface area contributed by atoms with Crippen molar-refractivity contribution in [2.75, 3.05) is 6.61 Å². The topological polar surface area (TPSA) is 122 Å². The number of aliphatic carboxylic acids is 1. The van der Waals surface area contributed by atoms with Crippen LogP contribution in [0.1, 0.15) is 37.1 Å². The van der Waals surface area contributed by atoms with Gasteiger partial charge in [-0.15, -0.1) is 0 Å². The molecule has 1 heterocycles. The zero-order chi connectivity index (χ0) is 15.6. The number of carboxylic acids is 1. The molecule has 1 aromatic heterocycles. The predicted octanol–water partition coefficient (Wildman–Crippen LogP) is -0.355. The first-order chi connectivity index (χ1) is 9.86. The van der Waals surface area contributed by atoms with Crippen molar-refractivity contribution in [3.05, 3.63) is 17.5 Å². The predicted molar refractivity (Wildman–Crippen MR) is 74.1 cm³/mol. The molecule has 21 heavy (non-hydrogen) atoms. The second-order valence-corrected chi connectivity index (χ2v) is 7.11. The van der Waals surface area contributed by atoms with E-state index in [1.54, 1.807) is 10.9 Å². The van der Waals surface area contributed by atoms with E-state index >= 15 is 0 Å². The third-order valence-corrected chi connectivity index (χ3v) is 5.44. The summed E-state index contributed by atoms with van der Waals surface area (Å²) >= 11 is 0. The number of aliphatic hydroxyl groups is 1. The van der Waals surface area contributed by atoms with E-state index in [0.29, 0.717) is 13.0 Å². The second kappa shape index (κ2) is 6.12. The third kappa shape index (κ3) is 3.25. The fraction of sp³-hybridized carbons (Fsp3) is 0.667. The summed E-state index contributed by atoms with van der Waals surface area (Å²) in [7, 11) is -3.94. The van der Waals surface area contributed by atoms with Gasteiger partial charge in [-0.1, -0.05) is 0 Å². The van der Waals surface area contributed by atoms with Gasteiger partial charge in [-0.05, 0) is 26.2 Å². The number of rotatable bonds is 6. The minimum atomic E-state index is -3.94. The normalized spacial score (nSPS) is 20.0. The van der Waals surface area contributed by atoms with Crippen LogP contribution in [0.25, 0.3) is 0 Å². The zero-order valence-electron chi connectivity index (χ0n) is 11.7. The Balaban J connectivity index is 2.23. The van der Waals surface area contributed by atoms with Gasteiger partial charge in [-0.3, -0.25) is 9.48 Å². The average molecular weight is 317 g/mol. The Morgan fingerprint density at radius 2 is 2.33 bits per heavy atom. The van der Waals surface area contributed by atoms with E-state index in [2.05, 4.69) is 9.82 Å². The van der Waals surface area contributed by atoms with Crippen molar-refractivity contribution in [2.45, 2.75) is 44.0 Å². The molecule has 0 spiro atoms. The maximum atomic E-state index is 12.0. The molecule has 1 aromatic rings. The summed E-state index contributed by atoms with van der Waals surface area (Å²) in [4.78, 5) is 10.9. The molecule has 2 atom stereocenters. The molecule has 2 unspecified atom stereocenters. The van der Waals surface area contributed by atoms with Gasteiger partial charge in [0.2, 0.25) is 10.0 Å². The summed E-state index contributed by atoms with van der Waals surface area (Å²) in [6.45, 7) is 1.46. The van der Waals surface area contributed by atoms with Crippen LogP contribution in [0.15, 0.2) is 6.20 Å². The molecule has 0 fully saturated rings. The SMILES string of the molecule is CC(C(=O)O)S(=O)(=O)NC1CCCc2c1cnn2CCO. The number of aromatic nitrogens is 2. The lowest BCUT2D eigenvalue weighted by Crippen LogP contribution is -2.40. The Hall–Kier alpha value is -1.45. The molecule has 8 nitrogen and oxygen atoms in total. The summed E-state index contributed by atoms with van der Waals surface area (Å²) in [6.07, 6.45) is 3.73. The molecule has 9 heteroatoms. The van der Waals surface area contributed by atoms with Gasteiger partial charge in [-0.25, -0.2) is 13.1 Å². The molecule has 1 aliphatic rings. The lowest BCUT2D eigenvalue weighted by Gasteiger charge is -2.24. The molecule has 0 aromatic carbocycles. The van der Waals surface area contributed by atoms with E-state index in [1.165, 1.54) is 0 Å². The first kappa shape index (κ1) is 15.9. The van der Waals surface area contributed by atoms with Crippen LogP contribution in [-0.2, 0) is 27.8 Å². The number of carbonyl (C=O) groups is 1. The molecular weight excluding hydrogens is 298 g/mol. The van der Waals surface area contributed by atoms with Crippen LogP contribution in [-0.4, -0.2) is 46.2 Å². The highest BCUT2D eigenvalue weighted by atomic mass is 32.2. The van der Waals surface area contributed by atoms with Gasteiger partial charge in [0, 0.05) is 11.3 Å². The third-order valence-electron chi connectivity index (χ3n) is 3.69. The number of nitrogens with zero attached hydrogens (tertiary/aromatic N) is 2. The molecular formula is C12H19N3O5S. The highest BCUT2D eigenvalue weighted by Gasteiger charge is 2.33. The summed E-state index contributed by atoms with van der Waals surface area (Å²) < 4.78 is 28.2. The number of fused-ring (bicyclic) bond motifs is 1. The largest absolute Gasteiger partial charge is 0.480 e. The fourth-order valence-electron chi connectivity index (χ4n) is 2.46. The Labute approximate surface area is 122 Å². The van der Waals surface area contributed by atoms with Gasteiger partial charge < -0.3 is 10.2 Å². The fourth-order valence-corrected chi connectivity index (χ4v) is 3.57. The van der Waals surface area contributed by atoms with Crippen molar-refractivity contribution >= 4 is 16.0 Å². The van der Waals surface area contributed by atoms with Crippen LogP contribution in [0.3, 0.4) is 0 Å². The molecule has 0 saturated carbocycles. The van der Waals surface area contributed by atoms with Crippen LogP contribution in [0.5, 0.6) is 0 Å². The van der Waals surface area contributed by atoms with Gasteiger partial charge in [0.15, 0.2) is 5.25 Å². The van der Waals surface area contributed by atoms with Crippen LogP contribution < -0.4 is 4.72 Å². The number of sulfonamides is 1. The van der Waals surface area contributed by atoms with Crippen LogP contribution >= 0.6 is 0 Å². The minimum Gasteiger partial charge on any atom is -0.480 e. The smallest absolute Gasteiger partial charge is 0.323 e. The first-order valence-corrected chi connectivity index (χ1v) is 8.31. The molecule has 0 radical (unpaired) electrons. The Morgan fingerprint density at radius 3 is 2.95 bits per heavy atom. The quantitative estimate of drug-likeness (QED) is 0.659. The Morgan fingerprint density at radius 1 is 1.62 bits per heavy atom. The maximum absolute atomic E-state index is 12.0. The molecule has 0 bridgehead atoms. The number of hydrogen-bond donors (Lipinski definition) is 3. The van der Waals surface area contributed by atoms with Crippen molar-refractivity contribution in [3.8, 4) is 0 Å². The molecule has 1 aliphatic carbocycles. The monoisotopic (exact) mass is 317 g/mol. The average Bonchev–Trinajstić information content (AvgIpc) is 2.82. The van der Waals surface area contributed by atoms with E-state index in [0.717, 1.165) is 31.0 Å². The van der Waals surface area contributed by atoms with Gasteiger partial charge in [0.1, 0.15) is 0 Å². The van der Waals surface area contributed by atoms with Crippen molar-refractivity contribution in [2.24, 2.45) is 0 Å². The summed E-state index contributed by atoms with van der Waals surface area (Å²) in [5, 5.41) is 20.5. The van der Waals surface area contributed by atoms with Crippen LogP contribution in [0.2, 0.25) is 0 Å².